The van der Waals surface area contributed by atoms with Gasteiger partial charge >= 0.3 is 0 Å². The zero-order valence-corrected chi connectivity index (χ0v) is 10.5. The van der Waals surface area contributed by atoms with Crippen LogP contribution in [0.1, 0.15) is 25.3 Å². The molecule has 0 radical (unpaired) electrons. The van der Waals surface area contributed by atoms with Gasteiger partial charge in [0.05, 0.1) is 14.2 Å². The molecule has 1 rings (SSSR count). The number of benzene rings is 1. The topological polar surface area (TPSA) is 18.5 Å². The molecule has 0 bridgehead atoms. The molecule has 0 N–H and O–H groups in total. The van der Waals surface area contributed by atoms with Gasteiger partial charge in [-0.15, -0.1) is 0 Å². The van der Waals surface area contributed by atoms with E-state index in [-0.39, 0.29) is 0 Å². The second kappa shape index (κ2) is 4.69. The van der Waals surface area contributed by atoms with E-state index in [1.165, 1.54) is 5.56 Å². The predicted molar refractivity (Wildman–Crippen MR) is 61.3 cm³/mol. The summed E-state index contributed by atoms with van der Waals surface area (Å²) in [5.74, 6) is 2.09. The summed E-state index contributed by atoms with van der Waals surface area (Å²) in [7, 11) is 3.32. The van der Waals surface area contributed by atoms with Crippen LogP contribution in [0.25, 0.3) is 0 Å². The monoisotopic (exact) mass is 258 g/mol. The second-order valence-electron chi connectivity index (χ2n) is 3.38. The van der Waals surface area contributed by atoms with E-state index in [0.29, 0.717) is 5.92 Å². The first-order valence-corrected chi connectivity index (χ1v) is 5.30. The summed E-state index contributed by atoms with van der Waals surface area (Å²) in [6.07, 6.45) is 0. The number of ether oxygens (including phenoxy) is 2. The molecular weight excluding hydrogens is 244 g/mol. The molecule has 78 valence electrons. The number of rotatable bonds is 3. The van der Waals surface area contributed by atoms with Gasteiger partial charge in [0.1, 0.15) is 11.5 Å². The van der Waals surface area contributed by atoms with Gasteiger partial charge < -0.3 is 9.47 Å². The lowest BCUT2D eigenvalue weighted by Crippen LogP contribution is -1.97. The van der Waals surface area contributed by atoms with Crippen LogP contribution in [0.15, 0.2) is 16.6 Å². The highest BCUT2D eigenvalue weighted by Crippen LogP contribution is 2.36. The third kappa shape index (κ3) is 2.21. The van der Waals surface area contributed by atoms with Crippen LogP contribution >= 0.6 is 15.9 Å². The van der Waals surface area contributed by atoms with E-state index in [9.17, 15) is 0 Å². The summed E-state index contributed by atoms with van der Waals surface area (Å²) in [5.41, 5.74) is 1.17. The van der Waals surface area contributed by atoms with Crippen molar-refractivity contribution >= 4 is 15.9 Å². The fraction of sp³-hybridized carbons (Fsp3) is 0.455. The summed E-state index contributed by atoms with van der Waals surface area (Å²) < 4.78 is 11.5. The van der Waals surface area contributed by atoms with E-state index in [2.05, 4.69) is 29.8 Å². The predicted octanol–water partition coefficient (Wildman–Crippen LogP) is 3.59. The molecule has 0 aliphatic rings. The molecule has 0 aromatic heterocycles. The Morgan fingerprint density at radius 2 is 1.79 bits per heavy atom. The number of hydrogen-bond acceptors (Lipinski definition) is 2. The highest BCUT2D eigenvalue weighted by molar-refractivity contribution is 9.10. The average molecular weight is 259 g/mol. The number of halogens is 1. The quantitative estimate of drug-likeness (QED) is 0.825. The first-order valence-electron chi connectivity index (χ1n) is 4.51. The van der Waals surface area contributed by atoms with Crippen molar-refractivity contribution < 1.29 is 9.47 Å². The summed E-state index contributed by atoms with van der Waals surface area (Å²) in [6, 6.07) is 3.86. The van der Waals surface area contributed by atoms with E-state index in [0.717, 1.165) is 16.0 Å². The van der Waals surface area contributed by atoms with Crippen molar-refractivity contribution in [3.05, 3.63) is 22.2 Å². The Hall–Kier alpha value is -0.700. The molecule has 3 heteroatoms. The summed E-state index contributed by atoms with van der Waals surface area (Å²) in [6.45, 7) is 4.27. The van der Waals surface area contributed by atoms with Crippen LogP contribution in [-0.4, -0.2) is 14.2 Å². The normalized spacial score (nSPS) is 10.4. The van der Waals surface area contributed by atoms with Crippen LogP contribution in [-0.2, 0) is 0 Å². The van der Waals surface area contributed by atoms with E-state index in [1.807, 2.05) is 12.1 Å². The van der Waals surface area contributed by atoms with Gasteiger partial charge in [-0.05, 0) is 12.0 Å². The lowest BCUT2D eigenvalue weighted by atomic mass is 10.0. The molecule has 1 aromatic carbocycles. The minimum Gasteiger partial charge on any atom is -0.497 e. The molecular formula is C11H15BrO2. The van der Waals surface area contributed by atoms with Gasteiger partial charge in [0.25, 0.3) is 0 Å². The second-order valence-corrected chi connectivity index (χ2v) is 4.23. The smallest absolute Gasteiger partial charge is 0.127 e. The van der Waals surface area contributed by atoms with Crippen LogP contribution in [0.2, 0.25) is 0 Å². The largest absolute Gasteiger partial charge is 0.497 e. The first kappa shape index (κ1) is 11.4. The lowest BCUT2D eigenvalue weighted by Gasteiger charge is -2.15. The van der Waals surface area contributed by atoms with E-state index in [1.54, 1.807) is 14.2 Å². The van der Waals surface area contributed by atoms with E-state index in [4.69, 9.17) is 9.47 Å². The molecule has 0 unspecified atom stereocenters. The zero-order chi connectivity index (χ0) is 10.7. The summed E-state index contributed by atoms with van der Waals surface area (Å²) in [5, 5.41) is 0. The van der Waals surface area contributed by atoms with Gasteiger partial charge in [-0.3, -0.25) is 0 Å². The minimum atomic E-state index is 0.422. The van der Waals surface area contributed by atoms with Gasteiger partial charge in [-0.25, -0.2) is 0 Å². The molecule has 0 saturated heterocycles. The fourth-order valence-corrected chi connectivity index (χ4v) is 2.29. The molecule has 0 heterocycles. The fourth-order valence-electron chi connectivity index (χ4n) is 1.42. The molecule has 14 heavy (non-hydrogen) atoms. The lowest BCUT2D eigenvalue weighted by molar-refractivity contribution is 0.389. The van der Waals surface area contributed by atoms with Crippen LogP contribution < -0.4 is 9.47 Å². The van der Waals surface area contributed by atoms with Crippen molar-refractivity contribution in [3.8, 4) is 11.5 Å². The van der Waals surface area contributed by atoms with Crippen molar-refractivity contribution in [1.82, 2.24) is 0 Å². The summed E-state index contributed by atoms with van der Waals surface area (Å²) >= 11 is 3.52. The van der Waals surface area contributed by atoms with Gasteiger partial charge in [0.15, 0.2) is 0 Å². The van der Waals surface area contributed by atoms with Crippen molar-refractivity contribution in [2.24, 2.45) is 0 Å². The minimum absolute atomic E-state index is 0.422. The molecule has 2 nitrogen and oxygen atoms in total. The molecule has 0 fully saturated rings. The Balaban J connectivity index is 3.27. The molecule has 0 aliphatic heterocycles. The number of hydrogen-bond donors (Lipinski definition) is 0. The van der Waals surface area contributed by atoms with Gasteiger partial charge in [-0.1, -0.05) is 29.8 Å². The first-order chi connectivity index (χ1) is 6.60. The number of methoxy groups -OCH3 is 2. The third-order valence-electron chi connectivity index (χ3n) is 2.10. The third-order valence-corrected chi connectivity index (χ3v) is 2.75. The van der Waals surface area contributed by atoms with Crippen molar-refractivity contribution in [1.29, 1.82) is 0 Å². The Morgan fingerprint density at radius 3 is 2.21 bits per heavy atom. The Bertz CT molecular complexity index is 321. The van der Waals surface area contributed by atoms with Crippen molar-refractivity contribution in [2.45, 2.75) is 19.8 Å². The molecule has 0 amide bonds. The molecule has 0 atom stereocenters. The SMILES string of the molecule is COc1cc(Br)c(C(C)C)c(OC)c1. The van der Waals surface area contributed by atoms with Gasteiger partial charge in [-0.2, -0.15) is 0 Å². The van der Waals surface area contributed by atoms with Crippen LogP contribution in [0, 0.1) is 0 Å². The van der Waals surface area contributed by atoms with Crippen molar-refractivity contribution in [2.75, 3.05) is 14.2 Å². The Kier molecular flexibility index (Phi) is 3.81. The zero-order valence-electron chi connectivity index (χ0n) is 8.93. The average Bonchev–Trinajstić information content (AvgIpc) is 2.15. The maximum absolute atomic E-state index is 5.32. The molecule has 1 aromatic rings. The van der Waals surface area contributed by atoms with Crippen LogP contribution in [0.5, 0.6) is 11.5 Å². The molecule has 0 aliphatic carbocycles. The Labute approximate surface area is 93.4 Å². The van der Waals surface area contributed by atoms with E-state index >= 15 is 0 Å². The van der Waals surface area contributed by atoms with Crippen molar-refractivity contribution in [3.63, 3.8) is 0 Å². The highest BCUT2D eigenvalue weighted by Gasteiger charge is 2.13. The maximum Gasteiger partial charge on any atom is 0.127 e. The van der Waals surface area contributed by atoms with Gasteiger partial charge in [0.2, 0.25) is 0 Å². The Morgan fingerprint density at radius 1 is 1.14 bits per heavy atom. The molecule has 0 spiro atoms. The standard InChI is InChI=1S/C11H15BrO2/c1-7(2)11-9(12)5-8(13-3)6-10(11)14-4/h5-7H,1-4H3. The summed E-state index contributed by atoms with van der Waals surface area (Å²) in [4.78, 5) is 0. The highest BCUT2D eigenvalue weighted by atomic mass is 79.9. The van der Waals surface area contributed by atoms with E-state index < -0.39 is 0 Å². The van der Waals surface area contributed by atoms with Crippen LogP contribution in [0.3, 0.4) is 0 Å². The molecule has 0 saturated carbocycles. The maximum atomic E-state index is 5.32. The van der Waals surface area contributed by atoms with Crippen LogP contribution in [0.4, 0.5) is 0 Å². The van der Waals surface area contributed by atoms with Gasteiger partial charge in [0, 0.05) is 16.1 Å².